The molecule has 0 spiro atoms. The molecule has 0 unspecified atom stereocenters. The van der Waals surface area contributed by atoms with E-state index in [1.165, 1.54) is 0 Å². The van der Waals surface area contributed by atoms with E-state index >= 15 is 0 Å². The van der Waals surface area contributed by atoms with Gasteiger partial charge in [0.1, 0.15) is 11.3 Å². The minimum atomic E-state index is -0.137. The minimum absolute atomic E-state index is 0.0789. The molecule has 1 saturated heterocycles. The van der Waals surface area contributed by atoms with Crippen molar-refractivity contribution in [2.75, 3.05) is 50.5 Å². The number of benzene rings is 2. The summed E-state index contributed by atoms with van der Waals surface area (Å²) in [6.07, 6.45) is 1.69. The largest absolute Gasteiger partial charge is 0.359 e. The first kappa shape index (κ1) is 26.2. The highest BCUT2D eigenvalue weighted by atomic mass is 35.5. The molecular weight excluding hydrogens is 518 g/mol. The van der Waals surface area contributed by atoms with Crippen LogP contribution in [-0.2, 0) is 0 Å². The second kappa shape index (κ2) is 11.1. The number of aromatic nitrogens is 3. The number of anilines is 3. The van der Waals surface area contributed by atoms with Gasteiger partial charge >= 0.3 is 0 Å². The molecule has 0 saturated carbocycles. The monoisotopic (exact) mass is 545 g/mol. The minimum Gasteiger partial charge on any atom is -0.359 e. The lowest BCUT2D eigenvalue weighted by atomic mass is 10.1. The van der Waals surface area contributed by atoms with Crippen molar-refractivity contribution >= 4 is 40.9 Å². The molecule has 2 aromatic heterocycles. The maximum atomic E-state index is 13.1. The molecule has 200 valence electrons. The van der Waals surface area contributed by atoms with E-state index in [9.17, 15) is 9.59 Å². The van der Waals surface area contributed by atoms with Crippen LogP contribution in [0, 0.1) is 6.92 Å². The van der Waals surface area contributed by atoms with Crippen LogP contribution in [-0.4, -0.2) is 77.0 Å². The number of nitrogens with one attached hydrogen (secondary N) is 1. The van der Waals surface area contributed by atoms with Crippen LogP contribution in [0.15, 0.2) is 65.3 Å². The quantitative estimate of drug-likeness (QED) is 0.377. The number of hydrogen-bond donors (Lipinski definition) is 1. The van der Waals surface area contributed by atoms with Crippen molar-refractivity contribution < 1.29 is 14.1 Å². The van der Waals surface area contributed by atoms with Gasteiger partial charge in [-0.2, -0.15) is 0 Å². The zero-order chi connectivity index (χ0) is 27.5. The molecule has 0 radical (unpaired) electrons. The molecule has 10 nitrogen and oxygen atoms in total. The summed E-state index contributed by atoms with van der Waals surface area (Å²) in [5, 5.41) is 7.84. The lowest BCUT2D eigenvalue weighted by Crippen LogP contribution is -2.50. The van der Waals surface area contributed by atoms with Crippen LogP contribution in [0.3, 0.4) is 0 Å². The summed E-state index contributed by atoms with van der Waals surface area (Å²) >= 11 is 5.99. The highest BCUT2D eigenvalue weighted by Gasteiger charge is 2.30. The standard InChI is InChI=1S/C28H28ClN7O3/c1-18-24(25(33-39-18)34(2)3)27(38)36-16-14-35(15-17-36)26(37)20-6-10-22(11-7-20)31-28-30-13-12-23(32-28)19-4-8-21(29)9-5-19/h4-13H,14-17H2,1-3H3,(H,30,31,32). The highest BCUT2D eigenvalue weighted by molar-refractivity contribution is 6.30. The number of aryl methyl sites for hydroxylation is 1. The fraction of sp³-hybridized carbons (Fsp3) is 0.250. The van der Waals surface area contributed by atoms with Gasteiger partial charge in [0.25, 0.3) is 11.8 Å². The zero-order valence-electron chi connectivity index (χ0n) is 21.9. The average Bonchev–Trinajstić information content (AvgIpc) is 3.35. The lowest BCUT2D eigenvalue weighted by molar-refractivity contribution is 0.0534. The summed E-state index contributed by atoms with van der Waals surface area (Å²) in [6.45, 7) is 3.48. The SMILES string of the molecule is Cc1onc(N(C)C)c1C(=O)N1CCN(C(=O)c2ccc(Nc3nccc(-c4ccc(Cl)cc4)n3)cc2)CC1. The Morgan fingerprint density at radius 2 is 1.56 bits per heavy atom. The van der Waals surface area contributed by atoms with Gasteiger partial charge in [-0.25, -0.2) is 9.97 Å². The molecule has 1 N–H and O–H groups in total. The number of halogens is 1. The van der Waals surface area contributed by atoms with Crippen molar-refractivity contribution in [2.24, 2.45) is 0 Å². The number of nitrogens with zero attached hydrogens (tertiary/aromatic N) is 6. The lowest BCUT2D eigenvalue weighted by Gasteiger charge is -2.35. The molecule has 1 aliphatic rings. The summed E-state index contributed by atoms with van der Waals surface area (Å²) in [5.74, 6) is 1.22. The highest BCUT2D eigenvalue weighted by Crippen LogP contribution is 2.24. The van der Waals surface area contributed by atoms with Crippen molar-refractivity contribution in [3.63, 3.8) is 0 Å². The Bertz CT molecular complexity index is 1480. The van der Waals surface area contributed by atoms with E-state index in [4.69, 9.17) is 16.1 Å². The fourth-order valence-corrected chi connectivity index (χ4v) is 4.52. The third kappa shape index (κ3) is 5.70. The Labute approximate surface area is 231 Å². The van der Waals surface area contributed by atoms with Crippen LogP contribution in [0.2, 0.25) is 5.02 Å². The number of rotatable bonds is 6. The van der Waals surface area contributed by atoms with Crippen LogP contribution in [0.1, 0.15) is 26.5 Å². The maximum Gasteiger partial charge on any atom is 0.261 e. The molecule has 2 aromatic carbocycles. The van der Waals surface area contributed by atoms with E-state index in [1.807, 2.05) is 56.6 Å². The van der Waals surface area contributed by atoms with Gasteiger partial charge < -0.3 is 24.5 Å². The van der Waals surface area contributed by atoms with Gasteiger partial charge in [0.15, 0.2) is 5.82 Å². The molecule has 1 fully saturated rings. The molecular formula is C28H28ClN7O3. The Morgan fingerprint density at radius 1 is 0.923 bits per heavy atom. The van der Waals surface area contributed by atoms with Crippen LogP contribution in [0.5, 0.6) is 0 Å². The first-order valence-corrected chi connectivity index (χ1v) is 12.9. The molecule has 5 rings (SSSR count). The Balaban J connectivity index is 1.19. The Morgan fingerprint density at radius 3 is 2.21 bits per heavy atom. The van der Waals surface area contributed by atoms with Gasteiger partial charge in [0.05, 0.1) is 5.69 Å². The predicted octanol–water partition coefficient (Wildman–Crippen LogP) is 4.50. The summed E-state index contributed by atoms with van der Waals surface area (Å²) < 4.78 is 5.24. The molecule has 4 aromatic rings. The molecule has 1 aliphatic heterocycles. The number of piperazine rings is 1. The van der Waals surface area contributed by atoms with Crippen molar-refractivity contribution in [3.8, 4) is 11.3 Å². The van der Waals surface area contributed by atoms with Crippen LogP contribution >= 0.6 is 11.6 Å². The van der Waals surface area contributed by atoms with E-state index < -0.39 is 0 Å². The van der Waals surface area contributed by atoms with Gasteiger partial charge in [0.2, 0.25) is 5.95 Å². The third-order valence-corrected chi connectivity index (χ3v) is 6.77. The summed E-state index contributed by atoms with van der Waals surface area (Å²) in [6, 6.07) is 16.5. The van der Waals surface area contributed by atoms with Crippen molar-refractivity contribution in [1.29, 1.82) is 0 Å². The normalized spacial score (nSPS) is 13.3. The first-order valence-electron chi connectivity index (χ1n) is 12.5. The van der Waals surface area contributed by atoms with Gasteiger partial charge in [0, 0.05) is 68.3 Å². The van der Waals surface area contributed by atoms with Crippen LogP contribution in [0.4, 0.5) is 17.5 Å². The molecule has 39 heavy (non-hydrogen) atoms. The smallest absolute Gasteiger partial charge is 0.261 e. The topological polar surface area (TPSA) is 108 Å². The van der Waals surface area contributed by atoms with Gasteiger partial charge in [-0.1, -0.05) is 28.9 Å². The second-order valence-electron chi connectivity index (χ2n) is 9.39. The van der Waals surface area contributed by atoms with Crippen molar-refractivity contribution in [2.45, 2.75) is 6.92 Å². The number of carbonyl (C=O) groups is 2. The summed E-state index contributed by atoms with van der Waals surface area (Å²) in [7, 11) is 3.63. The second-order valence-corrected chi connectivity index (χ2v) is 9.83. The van der Waals surface area contributed by atoms with Gasteiger partial charge in [-0.15, -0.1) is 0 Å². The van der Waals surface area contributed by atoms with Gasteiger partial charge in [-0.3, -0.25) is 9.59 Å². The summed E-state index contributed by atoms with van der Waals surface area (Å²) in [4.78, 5) is 40.4. The van der Waals surface area contributed by atoms with Crippen LogP contribution < -0.4 is 10.2 Å². The molecule has 11 heteroatoms. The van der Waals surface area contributed by atoms with E-state index in [2.05, 4.69) is 20.4 Å². The van der Waals surface area contributed by atoms with E-state index in [0.717, 1.165) is 16.9 Å². The van der Waals surface area contributed by atoms with Crippen molar-refractivity contribution in [3.05, 3.63) is 82.7 Å². The molecule has 0 atom stereocenters. The molecule has 0 bridgehead atoms. The zero-order valence-corrected chi connectivity index (χ0v) is 22.6. The maximum absolute atomic E-state index is 13.1. The number of carbonyl (C=O) groups excluding carboxylic acids is 2. The third-order valence-electron chi connectivity index (χ3n) is 6.52. The summed E-state index contributed by atoms with van der Waals surface area (Å²) in [5.41, 5.74) is 3.50. The van der Waals surface area contributed by atoms with E-state index in [0.29, 0.717) is 59.9 Å². The number of amides is 2. The molecule has 0 aliphatic carbocycles. The van der Waals surface area contributed by atoms with Gasteiger partial charge in [-0.05, 0) is 49.4 Å². The number of hydrogen-bond acceptors (Lipinski definition) is 8. The first-order chi connectivity index (χ1) is 18.8. The van der Waals surface area contributed by atoms with Crippen molar-refractivity contribution in [1.82, 2.24) is 24.9 Å². The Kier molecular flexibility index (Phi) is 7.47. The average molecular weight is 546 g/mol. The van der Waals surface area contributed by atoms with Crippen LogP contribution in [0.25, 0.3) is 11.3 Å². The van der Waals surface area contributed by atoms with E-state index in [-0.39, 0.29) is 11.8 Å². The molecule has 3 heterocycles. The fourth-order valence-electron chi connectivity index (χ4n) is 4.39. The van der Waals surface area contributed by atoms with E-state index in [1.54, 1.807) is 40.0 Å². The predicted molar refractivity (Wildman–Crippen MR) is 150 cm³/mol. The Hall–Kier alpha value is -4.44. The molecule has 2 amide bonds.